The predicted molar refractivity (Wildman–Crippen MR) is 176 cm³/mol. The second kappa shape index (κ2) is 18.3. The van der Waals surface area contributed by atoms with Gasteiger partial charge in [0.1, 0.15) is 23.7 Å². The third-order valence-electron chi connectivity index (χ3n) is 6.78. The molecule has 0 radical (unpaired) electrons. The van der Waals surface area contributed by atoms with Crippen LogP contribution >= 0.6 is 0 Å². The van der Waals surface area contributed by atoms with Gasteiger partial charge in [-0.1, -0.05) is 64.4 Å². The minimum atomic E-state index is -1.11. The van der Waals surface area contributed by atoms with Crippen LogP contribution in [0.25, 0.3) is 0 Å². The Morgan fingerprint density at radius 1 is 0.739 bits per heavy atom. The summed E-state index contributed by atoms with van der Waals surface area (Å²) in [6.45, 7) is 18.0. The molecule has 12 heteroatoms. The van der Waals surface area contributed by atoms with Crippen molar-refractivity contribution in [2.45, 2.75) is 131 Å². The Morgan fingerprint density at radius 3 is 1.83 bits per heavy atom. The van der Waals surface area contributed by atoms with E-state index in [-0.39, 0.29) is 43.4 Å². The van der Waals surface area contributed by atoms with E-state index in [0.717, 1.165) is 5.56 Å². The lowest BCUT2D eigenvalue weighted by Gasteiger charge is -2.29. The zero-order valence-corrected chi connectivity index (χ0v) is 29.2. The lowest BCUT2D eigenvalue weighted by Crippen LogP contribution is -2.59. The van der Waals surface area contributed by atoms with Gasteiger partial charge < -0.3 is 26.0 Å². The molecule has 0 aromatic heterocycles. The number of carbonyl (C=O) groups excluding carboxylic acids is 6. The molecule has 6 amide bonds. The van der Waals surface area contributed by atoms with E-state index in [1.165, 1.54) is 0 Å². The number of nitrogens with one attached hydrogen (secondary N) is 5. The summed E-state index contributed by atoms with van der Waals surface area (Å²) in [6, 6.07) is 5.87. The Hall–Kier alpha value is -3.96. The smallest absolute Gasteiger partial charge is 0.408 e. The number of ether oxygens (including phenoxy) is 1. The van der Waals surface area contributed by atoms with Crippen molar-refractivity contribution >= 4 is 35.6 Å². The molecule has 0 aliphatic rings. The highest BCUT2D eigenvalue weighted by molar-refractivity contribution is 6.01. The Balaban J connectivity index is 3.16. The molecule has 0 aliphatic carbocycles. The summed E-state index contributed by atoms with van der Waals surface area (Å²) < 4.78 is 5.36. The van der Waals surface area contributed by atoms with Crippen molar-refractivity contribution in [3.63, 3.8) is 0 Å². The lowest BCUT2D eigenvalue weighted by atomic mass is 9.97. The number of hydrogen-bond donors (Lipinski definition) is 5. The van der Waals surface area contributed by atoms with Crippen molar-refractivity contribution in [1.29, 1.82) is 0 Å². The van der Waals surface area contributed by atoms with Gasteiger partial charge in [-0.05, 0) is 65.4 Å². The van der Waals surface area contributed by atoms with Crippen LogP contribution in [-0.2, 0) is 35.1 Å². The van der Waals surface area contributed by atoms with Crippen molar-refractivity contribution in [3.05, 3.63) is 35.9 Å². The molecular weight excluding hydrogens is 590 g/mol. The van der Waals surface area contributed by atoms with Crippen LogP contribution in [0.4, 0.5) is 4.79 Å². The van der Waals surface area contributed by atoms with Gasteiger partial charge in [0.15, 0.2) is 0 Å². The van der Waals surface area contributed by atoms with E-state index in [1.807, 2.05) is 59.7 Å². The monoisotopic (exact) mass is 645 g/mol. The maximum atomic E-state index is 13.7. The number of amides is 6. The molecule has 258 valence electrons. The largest absolute Gasteiger partial charge is 0.444 e. The second-order valence-corrected chi connectivity index (χ2v) is 14.2. The van der Waals surface area contributed by atoms with Crippen molar-refractivity contribution < 1.29 is 33.5 Å². The third kappa shape index (κ3) is 16.4. The highest BCUT2D eigenvalue weighted by atomic mass is 16.6. The molecule has 0 fully saturated rings. The Morgan fingerprint density at radius 2 is 1.30 bits per heavy atom. The molecular formula is C34H55N5O7. The maximum Gasteiger partial charge on any atom is 0.408 e. The van der Waals surface area contributed by atoms with E-state index in [1.54, 1.807) is 39.8 Å². The van der Waals surface area contributed by atoms with Gasteiger partial charge in [0, 0.05) is 24.8 Å². The van der Waals surface area contributed by atoms with Crippen LogP contribution < -0.4 is 26.6 Å². The molecule has 0 spiro atoms. The average molecular weight is 646 g/mol. The summed E-state index contributed by atoms with van der Waals surface area (Å²) in [4.78, 5) is 77.7. The molecule has 0 saturated carbocycles. The molecule has 4 atom stereocenters. The molecule has 0 unspecified atom stereocenters. The number of rotatable bonds is 15. The molecule has 1 rings (SSSR count). The fourth-order valence-electron chi connectivity index (χ4n) is 4.43. The van der Waals surface area contributed by atoms with Gasteiger partial charge >= 0.3 is 6.09 Å². The van der Waals surface area contributed by atoms with E-state index in [9.17, 15) is 28.8 Å². The molecule has 0 aliphatic heterocycles. The van der Waals surface area contributed by atoms with Gasteiger partial charge in [-0.3, -0.25) is 29.3 Å². The first-order valence-corrected chi connectivity index (χ1v) is 16.0. The number of carbonyl (C=O) groups is 6. The molecule has 46 heavy (non-hydrogen) atoms. The van der Waals surface area contributed by atoms with Crippen molar-refractivity contribution in [2.75, 3.05) is 0 Å². The van der Waals surface area contributed by atoms with Gasteiger partial charge in [-0.25, -0.2) is 4.79 Å². The first kappa shape index (κ1) is 40.1. The van der Waals surface area contributed by atoms with Gasteiger partial charge in [-0.2, -0.15) is 0 Å². The van der Waals surface area contributed by atoms with Gasteiger partial charge in [-0.15, -0.1) is 0 Å². The number of imide groups is 1. The fourth-order valence-corrected chi connectivity index (χ4v) is 4.43. The first-order chi connectivity index (χ1) is 21.2. The minimum Gasteiger partial charge on any atom is -0.444 e. The summed E-state index contributed by atoms with van der Waals surface area (Å²) in [7, 11) is 0. The molecule has 1 aromatic rings. The van der Waals surface area contributed by atoms with E-state index in [4.69, 9.17) is 4.74 Å². The lowest BCUT2D eigenvalue weighted by molar-refractivity contribution is -0.136. The quantitative estimate of drug-likeness (QED) is 0.194. The van der Waals surface area contributed by atoms with Crippen LogP contribution in [0.2, 0.25) is 0 Å². The molecule has 1 aromatic carbocycles. The highest BCUT2D eigenvalue weighted by Gasteiger charge is 2.33. The van der Waals surface area contributed by atoms with Crippen LogP contribution in [-0.4, -0.2) is 64.9 Å². The van der Waals surface area contributed by atoms with Crippen LogP contribution in [0.3, 0.4) is 0 Å². The fraction of sp³-hybridized carbons (Fsp3) is 0.647. The van der Waals surface area contributed by atoms with Crippen LogP contribution in [0.1, 0.15) is 100 Å². The van der Waals surface area contributed by atoms with Crippen LogP contribution in [0.15, 0.2) is 30.3 Å². The number of benzene rings is 1. The molecule has 0 heterocycles. The van der Waals surface area contributed by atoms with E-state index in [2.05, 4.69) is 26.6 Å². The van der Waals surface area contributed by atoms with Gasteiger partial charge in [0.05, 0.1) is 0 Å². The van der Waals surface area contributed by atoms with Crippen LogP contribution in [0, 0.1) is 11.8 Å². The standard InChI is InChI=1S/C34H55N5O7/c1-11-22(4)28(38-32(45)46-34(8,9)10)31(44)36-25(20-23-15-13-12-14-16-23)29(42)35-24(19-21(2)3)30(43)37-26(40)17-18-27(41)39-33(5,6)7/h12-16,21-22,24-25,28H,11,17-20H2,1-10H3,(H,35,42)(H,36,44)(H,38,45)(H,39,41)(H,37,40,43)/t22-,24-,25-,28-/m0/s1. The number of alkyl carbamates (subject to hydrolysis) is 1. The topological polar surface area (TPSA) is 172 Å². The summed E-state index contributed by atoms with van der Waals surface area (Å²) in [5.74, 6) is -3.20. The third-order valence-corrected chi connectivity index (χ3v) is 6.78. The Labute approximate surface area is 273 Å². The summed E-state index contributed by atoms with van der Waals surface area (Å²) >= 11 is 0. The number of hydrogen-bond acceptors (Lipinski definition) is 7. The van der Waals surface area contributed by atoms with E-state index >= 15 is 0 Å². The Kier molecular flexibility index (Phi) is 15.9. The molecule has 5 N–H and O–H groups in total. The van der Waals surface area contributed by atoms with Crippen LogP contribution in [0.5, 0.6) is 0 Å². The highest BCUT2D eigenvalue weighted by Crippen LogP contribution is 2.13. The molecule has 12 nitrogen and oxygen atoms in total. The van der Waals surface area contributed by atoms with Crippen molar-refractivity contribution in [3.8, 4) is 0 Å². The second-order valence-electron chi connectivity index (χ2n) is 14.2. The maximum absolute atomic E-state index is 13.7. The Bertz CT molecular complexity index is 1190. The van der Waals surface area contributed by atoms with E-state index in [0.29, 0.717) is 6.42 Å². The van der Waals surface area contributed by atoms with E-state index < -0.39 is 59.0 Å². The zero-order chi connectivity index (χ0) is 35.2. The SMILES string of the molecule is CC[C@H](C)[C@H](NC(=O)OC(C)(C)C)C(=O)N[C@@H](Cc1ccccc1)C(=O)N[C@@H](CC(C)C)C(=O)NC(=O)CCC(=O)NC(C)(C)C. The zero-order valence-electron chi connectivity index (χ0n) is 29.2. The summed E-state index contributed by atoms with van der Waals surface area (Å²) in [5.41, 5.74) is -0.471. The van der Waals surface area contributed by atoms with Gasteiger partial charge in [0.2, 0.25) is 29.5 Å². The van der Waals surface area contributed by atoms with Crippen molar-refractivity contribution in [2.24, 2.45) is 11.8 Å². The summed E-state index contributed by atoms with van der Waals surface area (Å²) in [5, 5.41) is 13.2. The molecule has 0 bridgehead atoms. The average Bonchev–Trinajstić information content (AvgIpc) is 2.92. The van der Waals surface area contributed by atoms with Gasteiger partial charge in [0.25, 0.3) is 0 Å². The normalized spacial score (nSPS) is 14.2. The predicted octanol–water partition coefficient (Wildman–Crippen LogP) is 3.52. The first-order valence-electron chi connectivity index (χ1n) is 16.0. The minimum absolute atomic E-state index is 0.0290. The summed E-state index contributed by atoms with van der Waals surface area (Å²) in [6.07, 6.45) is -0.174. The van der Waals surface area contributed by atoms with Crippen molar-refractivity contribution in [1.82, 2.24) is 26.6 Å². The molecule has 0 saturated heterocycles.